The molecule has 122 valence electrons. The summed E-state index contributed by atoms with van der Waals surface area (Å²) in [6.45, 7) is 5.41. The van der Waals surface area contributed by atoms with Crippen molar-refractivity contribution in [3.05, 3.63) is 0 Å². The van der Waals surface area contributed by atoms with Crippen molar-refractivity contribution in [1.82, 2.24) is 4.90 Å². The van der Waals surface area contributed by atoms with Gasteiger partial charge in [-0.25, -0.2) is 0 Å². The normalized spacial score (nSPS) is 49.8. The lowest BCUT2D eigenvalue weighted by atomic mass is 9.42. The third kappa shape index (κ3) is 1.95. The van der Waals surface area contributed by atoms with Crippen molar-refractivity contribution >= 4 is 11.9 Å². The van der Waals surface area contributed by atoms with Crippen LogP contribution in [0.25, 0.3) is 0 Å². The fourth-order valence-corrected chi connectivity index (χ4v) is 7.18. The monoisotopic (exact) mass is 305 g/mol. The first-order chi connectivity index (χ1) is 10.3. The third-order valence-corrected chi connectivity index (χ3v) is 6.83. The predicted molar refractivity (Wildman–Crippen MR) is 82.0 cm³/mol. The highest BCUT2D eigenvalue weighted by Crippen LogP contribution is 2.68. The van der Waals surface area contributed by atoms with E-state index in [2.05, 4.69) is 18.7 Å². The lowest BCUT2D eigenvalue weighted by Crippen LogP contribution is -2.65. The number of esters is 1. The molecular weight excluding hydrogens is 278 g/mol. The summed E-state index contributed by atoms with van der Waals surface area (Å²) in [6, 6.07) is 0. The fourth-order valence-electron chi connectivity index (χ4n) is 7.18. The summed E-state index contributed by atoms with van der Waals surface area (Å²) in [6.07, 6.45) is 7.71. The zero-order chi connectivity index (χ0) is 15.8. The van der Waals surface area contributed by atoms with Gasteiger partial charge in [0, 0.05) is 18.5 Å². The standard InChI is InChI=1S/C18H27NO3/c1-16-5-12-6-17(2,9-16)11-18(7-12,10-16)19-8-13(4-14(19)20)15(21)22-3/h12-13H,4-11H2,1-3H3/t12?,13-,16-,17+,18?/m1/s1. The molecule has 1 heterocycles. The molecule has 4 bridgehead atoms. The summed E-state index contributed by atoms with van der Waals surface area (Å²) in [5.74, 6) is 0.449. The van der Waals surface area contributed by atoms with Crippen LogP contribution in [0.5, 0.6) is 0 Å². The van der Waals surface area contributed by atoms with Crippen LogP contribution < -0.4 is 0 Å². The van der Waals surface area contributed by atoms with Gasteiger partial charge in [-0.2, -0.15) is 0 Å². The second-order valence-electron chi connectivity index (χ2n) is 9.28. The molecule has 4 heteroatoms. The van der Waals surface area contributed by atoms with Crippen LogP contribution in [-0.4, -0.2) is 36.0 Å². The van der Waals surface area contributed by atoms with Crippen molar-refractivity contribution in [2.75, 3.05) is 13.7 Å². The number of carbonyl (C=O) groups is 2. The van der Waals surface area contributed by atoms with Gasteiger partial charge in [0.25, 0.3) is 0 Å². The fraction of sp³-hybridized carbons (Fsp3) is 0.889. The van der Waals surface area contributed by atoms with E-state index in [0.717, 1.165) is 25.2 Å². The number of amides is 1. The molecule has 1 saturated heterocycles. The van der Waals surface area contributed by atoms with Gasteiger partial charge in [0.1, 0.15) is 0 Å². The molecule has 0 N–H and O–H groups in total. The van der Waals surface area contributed by atoms with E-state index >= 15 is 0 Å². The predicted octanol–water partition coefficient (Wildman–Crippen LogP) is 2.76. The van der Waals surface area contributed by atoms with Gasteiger partial charge < -0.3 is 9.64 Å². The highest BCUT2D eigenvalue weighted by Gasteiger charge is 2.63. The summed E-state index contributed by atoms with van der Waals surface area (Å²) >= 11 is 0. The van der Waals surface area contributed by atoms with Crippen molar-refractivity contribution < 1.29 is 14.3 Å². The van der Waals surface area contributed by atoms with Crippen LogP contribution in [-0.2, 0) is 14.3 Å². The van der Waals surface area contributed by atoms with Crippen molar-refractivity contribution in [2.24, 2.45) is 22.7 Å². The molecular formula is C18H27NO3. The maximum Gasteiger partial charge on any atom is 0.310 e. The summed E-state index contributed by atoms with van der Waals surface area (Å²) in [7, 11) is 1.42. The number of likely N-dealkylation sites (tertiary alicyclic amines) is 1. The Balaban J connectivity index is 1.65. The highest BCUT2D eigenvalue weighted by atomic mass is 16.5. The first-order valence-corrected chi connectivity index (χ1v) is 8.65. The van der Waals surface area contributed by atoms with E-state index in [1.54, 1.807) is 0 Å². The Labute approximate surface area is 132 Å². The van der Waals surface area contributed by atoms with E-state index < -0.39 is 0 Å². The smallest absolute Gasteiger partial charge is 0.310 e. The molecule has 4 aliphatic carbocycles. The Morgan fingerprint density at radius 1 is 1.14 bits per heavy atom. The van der Waals surface area contributed by atoms with E-state index in [1.807, 2.05) is 0 Å². The molecule has 0 aromatic carbocycles. The number of rotatable bonds is 2. The molecule has 5 atom stereocenters. The molecule has 2 unspecified atom stereocenters. The minimum atomic E-state index is -0.258. The molecule has 1 aliphatic heterocycles. The van der Waals surface area contributed by atoms with Crippen molar-refractivity contribution in [2.45, 2.75) is 64.3 Å². The van der Waals surface area contributed by atoms with E-state index in [9.17, 15) is 9.59 Å². The van der Waals surface area contributed by atoms with Gasteiger partial charge in [0.15, 0.2) is 0 Å². The second kappa shape index (κ2) is 4.27. The number of nitrogens with zero attached hydrogens (tertiary/aromatic N) is 1. The minimum Gasteiger partial charge on any atom is -0.469 e. The topological polar surface area (TPSA) is 46.6 Å². The lowest BCUT2D eigenvalue weighted by Gasteiger charge is -2.67. The molecule has 4 saturated carbocycles. The van der Waals surface area contributed by atoms with Gasteiger partial charge in [0.05, 0.1) is 13.0 Å². The highest BCUT2D eigenvalue weighted by molar-refractivity contribution is 5.87. The average molecular weight is 305 g/mol. The Kier molecular flexibility index (Phi) is 2.82. The molecule has 0 spiro atoms. The maximum atomic E-state index is 12.6. The molecule has 22 heavy (non-hydrogen) atoms. The van der Waals surface area contributed by atoms with Crippen LogP contribution in [0.1, 0.15) is 58.8 Å². The van der Waals surface area contributed by atoms with E-state index in [-0.39, 0.29) is 23.3 Å². The first kappa shape index (κ1) is 14.5. The van der Waals surface area contributed by atoms with Gasteiger partial charge in [0.2, 0.25) is 5.91 Å². The summed E-state index contributed by atoms with van der Waals surface area (Å²) < 4.78 is 4.87. The van der Waals surface area contributed by atoms with Crippen LogP contribution in [0.15, 0.2) is 0 Å². The molecule has 0 radical (unpaired) electrons. The zero-order valence-electron chi connectivity index (χ0n) is 14.0. The van der Waals surface area contributed by atoms with Gasteiger partial charge in [-0.3, -0.25) is 9.59 Å². The van der Waals surface area contributed by atoms with Crippen molar-refractivity contribution in [1.29, 1.82) is 0 Å². The van der Waals surface area contributed by atoms with Crippen LogP contribution in [0.2, 0.25) is 0 Å². The number of hydrogen-bond donors (Lipinski definition) is 0. The van der Waals surface area contributed by atoms with E-state index in [0.29, 0.717) is 23.8 Å². The molecule has 5 aliphatic rings. The van der Waals surface area contributed by atoms with Gasteiger partial charge in [-0.15, -0.1) is 0 Å². The van der Waals surface area contributed by atoms with Gasteiger partial charge in [-0.1, -0.05) is 13.8 Å². The first-order valence-electron chi connectivity index (χ1n) is 8.65. The molecule has 5 fully saturated rings. The average Bonchev–Trinajstić information content (AvgIpc) is 2.76. The number of carbonyl (C=O) groups excluding carboxylic acids is 2. The zero-order valence-corrected chi connectivity index (χ0v) is 14.0. The Hall–Kier alpha value is -1.06. The quantitative estimate of drug-likeness (QED) is 0.737. The molecule has 5 rings (SSSR count). The van der Waals surface area contributed by atoms with Crippen molar-refractivity contribution in [3.8, 4) is 0 Å². The van der Waals surface area contributed by atoms with Crippen molar-refractivity contribution in [3.63, 3.8) is 0 Å². The Morgan fingerprint density at radius 2 is 1.77 bits per heavy atom. The lowest BCUT2D eigenvalue weighted by molar-refractivity contribution is -0.170. The number of hydrogen-bond acceptors (Lipinski definition) is 3. The van der Waals surface area contributed by atoms with Crippen LogP contribution >= 0.6 is 0 Å². The maximum absolute atomic E-state index is 12.6. The summed E-state index contributed by atoms with van der Waals surface area (Å²) in [4.78, 5) is 26.6. The summed E-state index contributed by atoms with van der Waals surface area (Å²) in [5.41, 5.74) is 0.790. The second-order valence-corrected chi connectivity index (χ2v) is 9.28. The van der Waals surface area contributed by atoms with Crippen LogP contribution in [0, 0.1) is 22.7 Å². The Bertz CT molecular complexity index is 524. The van der Waals surface area contributed by atoms with E-state index in [1.165, 1.54) is 26.4 Å². The summed E-state index contributed by atoms with van der Waals surface area (Å²) in [5, 5.41) is 0. The molecule has 1 amide bonds. The third-order valence-electron chi connectivity index (χ3n) is 6.83. The molecule has 0 aromatic heterocycles. The molecule has 0 aromatic rings. The molecule has 4 nitrogen and oxygen atoms in total. The van der Waals surface area contributed by atoms with Gasteiger partial charge >= 0.3 is 5.97 Å². The van der Waals surface area contributed by atoms with Gasteiger partial charge in [-0.05, 0) is 55.3 Å². The largest absolute Gasteiger partial charge is 0.469 e. The SMILES string of the molecule is COC(=O)[C@@H]1CC(=O)N(C23CC4C[C@@](C)(C2)C[C@](C)(C4)C3)C1. The van der Waals surface area contributed by atoms with Crippen LogP contribution in [0.3, 0.4) is 0 Å². The van der Waals surface area contributed by atoms with E-state index in [4.69, 9.17) is 4.74 Å². The number of methoxy groups -OCH3 is 1. The number of ether oxygens (including phenoxy) is 1. The van der Waals surface area contributed by atoms with Crippen LogP contribution in [0.4, 0.5) is 0 Å². The Morgan fingerprint density at radius 3 is 2.32 bits per heavy atom. The minimum absolute atomic E-state index is 0.0166.